The molecule has 3 heterocycles. The van der Waals surface area contributed by atoms with Crippen LogP contribution in [0.4, 0.5) is 32.2 Å². The molecule has 0 saturated carbocycles. The molecule has 0 amide bonds. The minimum Gasteiger partial charge on any atom is -0.508 e. The number of aliphatic carboxylic acids is 1. The van der Waals surface area contributed by atoms with Gasteiger partial charge in [0.2, 0.25) is 0 Å². The molecule has 3 N–H and O–H groups in total. The van der Waals surface area contributed by atoms with Crippen molar-refractivity contribution < 1.29 is 51.2 Å². The van der Waals surface area contributed by atoms with E-state index >= 15 is 4.39 Å². The van der Waals surface area contributed by atoms with Gasteiger partial charge in [0.25, 0.3) is 0 Å². The highest BCUT2D eigenvalue weighted by atomic mass is 35.5. The van der Waals surface area contributed by atoms with Gasteiger partial charge in [0.15, 0.2) is 5.82 Å². The smallest absolute Gasteiger partial charge is 0.490 e. The Kier molecular flexibility index (Phi) is 11.1. The van der Waals surface area contributed by atoms with Crippen LogP contribution >= 0.6 is 11.6 Å². The fraction of sp³-hybridized carbons (Fsp3) is 0.378. The first-order valence-corrected chi connectivity index (χ1v) is 16.7. The van der Waals surface area contributed by atoms with E-state index in [-0.39, 0.29) is 62.9 Å². The van der Waals surface area contributed by atoms with Gasteiger partial charge in [0.1, 0.15) is 29.5 Å². The zero-order valence-electron chi connectivity index (χ0n) is 28.8. The number of alkyl halides is 3. The number of piperidine rings is 2. The number of carboxylic acids is 1. The lowest BCUT2D eigenvalue weighted by atomic mass is 9.78. The second kappa shape index (κ2) is 14.9. The predicted octanol–water partition coefficient (Wildman–Crippen LogP) is 7.63. The summed E-state index contributed by atoms with van der Waals surface area (Å²) in [6.07, 6.45) is 2.99. The van der Waals surface area contributed by atoms with Gasteiger partial charge in [0.05, 0.1) is 22.5 Å². The lowest BCUT2D eigenvalue weighted by molar-refractivity contribution is -0.192. The molecule has 2 aliphatic heterocycles. The molecule has 2 saturated heterocycles. The molecule has 1 aromatic heterocycles. The molecule has 3 aromatic carbocycles. The normalized spacial score (nSPS) is 21.7. The number of rotatable bonds is 5. The van der Waals surface area contributed by atoms with Crippen molar-refractivity contribution >= 4 is 45.1 Å². The summed E-state index contributed by atoms with van der Waals surface area (Å²) in [6.45, 7) is 5.64. The van der Waals surface area contributed by atoms with Crippen molar-refractivity contribution in [2.75, 3.05) is 44.7 Å². The van der Waals surface area contributed by atoms with Crippen LogP contribution < -0.4 is 9.64 Å². The summed E-state index contributed by atoms with van der Waals surface area (Å²) in [5, 5.41) is 29.4. The lowest BCUT2D eigenvalue weighted by Gasteiger charge is -2.40. The van der Waals surface area contributed by atoms with E-state index in [1.165, 1.54) is 30.3 Å². The highest BCUT2D eigenvalue weighted by Gasteiger charge is 2.39. The van der Waals surface area contributed by atoms with Gasteiger partial charge >= 0.3 is 18.2 Å². The zero-order chi connectivity index (χ0) is 39.0. The molecule has 0 bridgehead atoms. The Labute approximate surface area is 305 Å². The molecule has 6 rings (SSSR count). The molecule has 9 nitrogen and oxygen atoms in total. The van der Waals surface area contributed by atoms with E-state index in [1.807, 2.05) is 18.9 Å². The van der Waals surface area contributed by atoms with Crippen molar-refractivity contribution in [1.29, 1.82) is 0 Å². The molecule has 282 valence electrons. The molecule has 0 spiro atoms. The Morgan fingerprint density at radius 3 is 2.47 bits per heavy atom. The molecular formula is C37H35ClF6N4O5. The van der Waals surface area contributed by atoms with Gasteiger partial charge in [-0.15, -0.1) is 6.42 Å². The van der Waals surface area contributed by atoms with E-state index < -0.39 is 34.8 Å². The molecular weight excluding hydrogens is 730 g/mol. The predicted molar refractivity (Wildman–Crippen MR) is 188 cm³/mol. The molecule has 0 radical (unpaired) electrons. The summed E-state index contributed by atoms with van der Waals surface area (Å²) < 4.78 is 83.6. The van der Waals surface area contributed by atoms with Crippen molar-refractivity contribution in [3.8, 4) is 35.2 Å². The first-order valence-electron chi connectivity index (χ1n) is 16.3. The average molecular weight is 765 g/mol. The number of halogens is 7. The van der Waals surface area contributed by atoms with Crippen LogP contribution in [0.3, 0.4) is 0 Å². The molecule has 53 heavy (non-hydrogen) atoms. The minimum atomic E-state index is -5.08. The van der Waals surface area contributed by atoms with Gasteiger partial charge in [-0.2, -0.15) is 23.1 Å². The van der Waals surface area contributed by atoms with Crippen LogP contribution in [0.2, 0.25) is 5.02 Å². The SMILES string of the molecule is C#Cc1c(F)ccc2cc(O)cc(-c3c(Cl)cc4c(N5CCC[C@@](C)(O)C5)nc(OC[C@]5(C)CN(C)CC/C5=C\F)nc4c3F)c12.O=C(O)C(F)(F)F. The number of hydrogen-bond acceptors (Lipinski definition) is 8. The maximum absolute atomic E-state index is 16.9. The maximum atomic E-state index is 16.9. The number of phenols is 1. The second-order valence-corrected chi connectivity index (χ2v) is 14.1. The summed E-state index contributed by atoms with van der Waals surface area (Å²) >= 11 is 6.80. The number of β-amino-alcohol motifs (C(OH)–C–C–N with tert-alkyl or cyclic N) is 1. The quantitative estimate of drug-likeness (QED) is 0.139. The molecule has 16 heteroatoms. The van der Waals surface area contributed by atoms with Gasteiger partial charge in [-0.25, -0.2) is 18.0 Å². The standard InChI is InChI=1S/C35H34ClF3N4O3.C2HF3O2/c1-5-23-27(38)8-7-20-13-22(44)14-24(28(20)23)29-26(36)15-25-31(30(29)39)40-33(41-32(25)43-11-6-10-35(3,45)18-43)46-19-34(2)17-42(4)12-9-21(34)16-37;3-2(4,5)1(6)7/h1,7-8,13-16,44-45H,6,9-12,17-19H2,2-4H3;(H,6,7)/b21-16+;/t34-,35+;/m0./s1. The molecule has 2 fully saturated rings. The molecule has 2 atom stereocenters. The molecule has 0 aliphatic carbocycles. The van der Waals surface area contributed by atoms with E-state index in [2.05, 4.69) is 20.8 Å². The van der Waals surface area contributed by atoms with Gasteiger partial charge in [0, 0.05) is 47.9 Å². The summed E-state index contributed by atoms with van der Waals surface area (Å²) in [5.74, 6) is -1.83. The number of carbonyl (C=O) groups is 1. The lowest BCUT2D eigenvalue weighted by Crippen LogP contribution is -2.46. The number of aromatic hydroxyl groups is 1. The van der Waals surface area contributed by atoms with Crippen molar-refractivity contribution in [2.45, 2.75) is 44.9 Å². The fourth-order valence-electron chi connectivity index (χ4n) is 6.81. The monoisotopic (exact) mass is 764 g/mol. The second-order valence-electron chi connectivity index (χ2n) is 13.7. The Balaban J connectivity index is 0.000000705. The van der Waals surface area contributed by atoms with Gasteiger partial charge in [-0.05, 0) is 74.0 Å². The van der Waals surface area contributed by atoms with E-state index in [4.69, 9.17) is 32.7 Å². The third kappa shape index (κ3) is 8.24. The first-order chi connectivity index (χ1) is 24.8. The third-order valence-corrected chi connectivity index (χ3v) is 9.63. The van der Waals surface area contributed by atoms with Crippen molar-refractivity contribution in [2.24, 2.45) is 5.41 Å². The minimum absolute atomic E-state index is 0.0276. The van der Waals surface area contributed by atoms with Gasteiger partial charge in [-0.1, -0.05) is 30.5 Å². The zero-order valence-corrected chi connectivity index (χ0v) is 29.5. The molecule has 4 aromatic rings. The number of anilines is 1. The van der Waals surface area contributed by atoms with Crippen molar-refractivity contribution in [3.63, 3.8) is 0 Å². The topological polar surface area (TPSA) is 119 Å². The van der Waals surface area contributed by atoms with Crippen LogP contribution in [0.15, 0.2) is 42.2 Å². The number of carboxylic acid groups (broad SMARTS) is 1. The largest absolute Gasteiger partial charge is 0.508 e. The Bertz CT molecular complexity index is 2160. The Hall–Kier alpha value is -4.78. The summed E-state index contributed by atoms with van der Waals surface area (Å²) in [7, 11) is 1.95. The van der Waals surface area contributed by atoms with Crippen LogP contribution in [0.5, 0.6) is 11.8 Å². The Morgan fingerprint density at radius 2 is 1.85 bits per heavy atom. The number of aromatic nitrogens is 2. The van der Waals surface area contributed by atoms with Gasteiger partial charge < -0.3 is 29.9 Å². The van der Waals surface area contributed by atoms with Crippen LogP contribution in [-0.4, -0.2) is 87.8 Å². The number of aliphatic hydroxyl groups is 1. The molecule has 0 unspecified atom stereocenters. The number of nitrogens with zero attached hydrogens (tertiary/aromatic N) is 4. The Morgan fingerprint density at radius 1 is 1.15 bits per heavy atom. The summed E-state index contributed by atoms with van der Waals surface area (Å²) in [4.78, 5) is 22.0. The van der Waals surface area contributed by atoms with Crippen LogP contribution in [0.1, 0.15) is 38.7 Å². The van der Waals surface area contributed by atoms with Crippen molar-refractivity contribution in [1.82, 2.24) is 14.9 Å². The third-order valence-electron chi connectivity index (χ3n) is 9.33. The van der Waals surface area contributed by atoms with E-state index in [0.29, 0.717) is 62.0 Å². The summed E-state index contributed by atoms with van der Waals surface area (Å²) in [6, 6.07) is 6.70. The van der Waals surface area contributed by atoms with E-state index in [1.54, 1.807) is 6.92 Å². The number of likely N-dealkylation sites (tertiary alicyclic amines) is 1. The fourth-order valence-corrected chi connectivity index (χ4v) is 7.11. The number of hydrogen-bond donors (Lipinski definition) is 3. The number of ether oxygens (including phenoxy) is 1. The molecule has 2 aliphatic rings. The maximum Gasteiger partial charge on any atom is 0.490 e. The average Bonchev–Trinajstić information content (AvgIpc) is 3.07. The van der Waals surface area contributed by atoms with Crippen LogP contribution in [-0.2, 0) is 4.79 Å². The van der Waals surface area contributed by atoms with E-state index in [0.717, 1.165) is 0 Å². The van der Waals surface area contributed by atoms with E-state index in [9.17, 15) is 32.2 Å². The van der Waals surface area contributed by atoms with Crippen molar-refractivity contribution in [3.05, 3.63) is 64.5 Å². The summed E-state index contributed by atoms with van der Waals surface area (Å²) in [5.41, 5.74) is -1.38. The van der Waals surface area contributed by atoms with Gasteiger partial charge in [-0.3, -0.25) is 0 Å². The first kappa shape index (κ1) is 39.4. The number of benzene rings is 3. The highest BCUT2D eigenvalue weighted by molar-refractivity contribution is 6.35. The number of terminal acetylenes is 1. The number of phenolic OH excluding ortho intramolecular Hbond substituents is 1. The highest BCUT2D eigenvalue weighted by Crippen LogP contribution is 2.44. The van der Waals surface area contributed by atoms with Crippen LogP contribution in [0, 0.1) is 29.4 Å². The number of fused-ring (bicyclic) bond motifs is 2. The van der Waals surface area contributed by atoms with Crippen LogP contribution in [0.25, 0.3) is 32.8 Å².